The Balaban J connectivity index is 1.53. The molecule has 3 aromatic heterocycles. The highest BCUT2D eigenvalue weighted by Gasteiger charge is 2.14. The van der Waals surface area contributed by atoms with Gasteiger partial charge in [0, 0.05) is 5.56 Å². The van der Waals surface area contributed by atoms with Crippen molar-refractivity contribution in [3.8, 4) is 22.2 Å². The molecule has 0 spiro atoms. The van der Waals surface area contributed by atoms with Gasteiger partial charge in [-0.2, -0.15) is 4.98 Å². The van der Waals surface area contributed by atoms with Crippen molar-refractivity contribution >= 4 is 11.3 Å². The molecule has 0 amide bonds. The summed E-state index contributed by atoms with van der Waals surface area (Å²) in [5.74, 6) is 1.28. The van der Waals surface area contributed by atoms with E-state index in [9.17, 15) is 4.39 Å². The summed E-state index contributed by atoms with van der Waals surface area (Å²) < 4.78 is 23.7. The zero-order chi connectivity index (χ0) is 15.6. The molecule has 0 atom stereocenters. The lowest BCUT2D eigenvalue weighted by Crippen LogP contribution is -1.88. The minimum absolute atomic E-state index is 0.243. The van der Waals surface area contributed by atoms with Crippen molar-refractivity contribution in [1.29, 1.82) is 0 Å². The molecule has 0 aliphatic carbocycles. The molecule has 0 unspecified atom stereocenters. The van der Waals surface area contributed by atoms with Crippen LogP contribution in [0.1, 0.15) is 11.8 Å². The minimum atomic E-state index is -0.319. The predicted molar refractivity (Wildman–Crippen MR) is 80.1 cm³/mol. The average Bonchev–Trinajstić information content (AvgIpc) is 3.29. The van der Waals surface area contributed by atoms with E-state index in [4.69, 9.17) is 8.94 Å². The summed E-state index contributed by atoms with van der Waals surface area (Å²) in [5.41, 5.74) is 0.648. The highest BCUT2D eigenvalue weighted by Crippen LogP contribution is 2.23. The van der Waals surface area contributed by atoms with Gasteiger partial charge in [0.15, 0.2) is 0 Å². The van der Waals surface area contributed by atoms with Crippen LogP contribution in [0.25, 0.3) is 22.2 Å². The van der Waals surface area contributed by atoms with Crippen molar-refractivity contribution < 1.29 is 13.3 Å². The van der Waals surface area contributed by atoms with Crippen molar-refractivity contribution in [2.45, 2.75) is 6.42 Å². The van der Waals surface area contributed by atoms with Crippen molar-refractivity contribution in [1.82, 2.24) is 20.3 Å². The molecule has 4 rings (SSSR count). The van der Waals surface area contributed by atoms with Crippen molar-refractivity contribution in [3.05, 3.63) is 59.4 Å². The monoisotopic (exact) mass is 328 g/mol. The number of benzene rings is 1. The first kappa shape index (κ1) is 13.8. The quantitative estimate of drug-likeness (QED) is 0.570. The number of hydrogen-bond acceptors (Lipinski definition) is 7. The fourth-order valence-corrected chi connectivity index (χ4v) is 2.65. The molecular weight excluding hydrogens is 319 g/mol. The maximum absolute atomic E-state index is 12.9. The van der Waals surface area contributed by atoms with Gasteiger partial charge in [-0.1, -0.05) is 11.2 Å². The normalized spacial score (nSPS) is 11.0. The van der Waals surface area contributed by atoms with E-state index >= 15 is 0 Å². The SMILES string of the molecule is Fc1ccc(-c2nnc(Cc3nc(-c4cccs4)no3)o2)cc1. The molecular formula is C15H9FN4O2S. The van der Waals surface area contributed by atoms with Gasteiger partial charge in [-0.25, -0.2) is 4.39 Å². The van der Waals surface area contributed by atoms with Gasteiger partial charge < -0.3 is 8.94 Å². The molecule has 23 heavy (non-hydrogen) atoms. The lowest BCUT2D eigenvalue weighted by atomic mass is 10.2. The Bertz CT molecular complexity index is 915. The first-order valence-electron chi connectivity index (χ1n) is 6.73. The predicted octanol–water partition coefficient (Wildman–Crippen LogP) is 3.58. The summed E-state index contributed by atoms with van der Waals surface area (Å²) in [6, 6.07) is 9.67. The molecule has 3 heterocycles. The second-order valence-electron chi connectivity index (χ2n) is 4.67. The summed E-state index contributed by atoms with van der Waals surface area (Å²) >= 11 is 1.53. The largest absolute Gasteiger partial charge is 0.420 e. The zero-order valence-corrected chi connectivity index (χ0v) is 12.5. The molecule has 0 aliphatic rings. The van der Waals surface area contributed by atoms with Gasteiger partial charge in [0.05, 0.1) is 4.88 Å². The van der Waals surface area contributed by atoms with Gasteiger partial charge in [-0.05, 0) is 35.7 Å². The second kappa shape index (κ2) is 5.73. The molecule has 6 nitrogen and oxygen atoms in total. The van der Waals surface area contributed by atoms with Gasteiger partial charge in [0.1, 0.15) is 12.2 Å². The van der Waals surface area contributed by atoms with E-state index in [-0.39, 0.29) is 12.2 Å². The number of rotatable bonds is 4. The summed E-state index contributed by atoms with van der Waals surface area (Å²) in [4.78, 5) is 5.23. The molecule has 0 saturated heterocycles. The summed E-state index contributed by atoms with van der Waals surface area (Å²) in [6.07, 6.45) is 0.243. The van der Waals surface area contributed by atoms with E-state index in [2.05, 4.69) is 20.3 Å². The fourth-order valence-electron chi connectivity index (χ4n) is 2.00. The standard InChI is InChI=1S/C15H9FN4O2S/c16-10-5-3-9(4-6-10)15-19-18-13(21-15)8-12-17-14(20-22-12)11-2-1-7-23-11/h1-7H,8H2. The van der Waals surface area contributed by atoms with Crippen LogP contribution in [0.4, 0.5) is 4.39 Å². The van der Waals surface area contributed by atoms with E-state index in [0.717, 1.165) is 4.88 Å². The van der Waals surface area contributed by atoms with Gasteiger partial charge in [-0.3, -0.25) is 0 Å². The van der Waals surface area contributed by atoms with Gasteiger partial charge in [0.2, 0.25) is 23.5 Å². The third-order valence-corrected chi connectivity index (χ3v) is 3.94. The molecule has 0 bridgehead atoms. The van der Waals surface area contributed by atoms with Crippen LogP contribution < -0.4 is 0 Å². The molecule has 0 saturated carbocycles. The number of halogens is 1. The van der Waals surface area contributed by atoms with Crippen LogP contribution in [-0.4, -0.2) is 20.3 Å². The number of aromatic nitrogens is 4. The van der Waals surface area contributed by atoms with Crippen LogP contribution in [0.3, 0.4) is 0 Å². The second-order valence-corrected chi connectivity index (χ2v) is 5.62. The van der Waals surface area contributed by atoms with E-state index in [1.54, 1.807) is 12.1 Å². The first-order chi connectivity index (χ1) is 11.3. The Labute approximate surface area is 133 Å². The number of hydrogen-bond donors (Lipinski definition) is 0. The maximum atomic E-state index is 12.9. The summed E-state index contributed by atoms with van der Waals surface area (Å²) in [6.45, 7) is 0. The molecule has 0 radical (unpaired) electrons. The Morgan fingerprint density at radius 2 is 1.91 bits per heavy atom. The molecule has 1 aromatic carbocycles. The third kappa shape index (κ3) is 2.88. The van der Waals surface area contributed by atoms with Crippen LogP contribution in [0.2, 0.25) is 0 Å². The number of nitrogens with zero attached hydrogens (tertiary/aromatic N) is 4. The molecule has 8 heteroatoms. The molecule has 0 fully saturated rings. The van der Waals surface area contributed by atoms with E-state index in [1.807, 2.05) is 17.5 Å². The lowest BCUT2D eigenvalue weighted by molar-refractivity contribution is 0.374. The Kier molecular flexibility index (Phi) is 3.43. The van der Waals surface area contributed by atoms with Crippen LogP contribution in [-0.2, 0) is 6.42 Å². The van der Waals surface area contributed by atoms with Crippen LogP contribution in [0.15, 0.2) is 50.7 Å². The minimum Gasteiger partial charge on any atom is -0.420 e. The topological polar surface area (TPSA) is 77.8 Å². The Morgan fingerprint density at radius 3 is 2.70 bits per heavy atom. The van der Waals surface area contributed by atoms with Crippen molar-refractivity contribution in [2.75, 3.05) is 0 Å². The lowest BCUT2D eigenvalue weighted by Gasteiger charge is -1.93. The van der Waals surface area contributed by atoms with E-state index < -0.39 is 0 Å². The highest BCUT2D eigenvalue weighted by molar-refractivity contribution is 7.13. The van der Waals surface area contributed by atoms with Crippen molar-refractivity contribution in [2.24, 2.45) is 0 Å². The van der Waals surface area contributed by atoms with Gasteiger partial charge >= 0.3 is 0 Å². The van der Waals surface area contributed by atoms with Crippen LogP contribution in [0.5, 0.6) is 0 Å². The maximum Gasteiger partial charge on any atom is 0.247 e. The van der Waals surface area contributed by atoms with Crippen LogP contribution >= 0.6 is 11.3 Å². The van der Waals surface area contributed by atoms with Crippen LogP contribution in [0, 0.1) is 5.82 Å². The van der Waals surface area contributed by atoms with Gasteiger partial charge in [0.25, 0.3) is 0 Å². The van der Waals surface area contributed by atoms with E-state index in [1.165, 1.54) is 23.5 Å². The fraction of sp³-hybridized carbons (Fsp3) is 0.0667. The first-order valence-corrected chi connectivity index (χ1v) is 7.61. The summed E-state index contributed by atoms with van der Waals surface area (Å²) in [5, 5.41) is 13.8. The van der Waals surface area contributed by atoms with Gasteiger partial charge in [-0.15, -0.1) is 21.5 Å². The van der Waals surface area contributed by atoms with E-state index in [0.29, 0.717) is 29.1 Å². The molecule has 4 aromatic rings. The Morgan fingerprint density at radius 1 is 1.04 bits per heavy atom. The highest BCUT2D eigenvalue weighted by atomic mass is 32.1. The smallest absolute Gasteiger partial charge is 0.247 e. The number of thiophene rings is 1. The van der Waals surface area contributed by atoms with Crippen molar-refractivity contribution in [3.63, 3.8) is 0 Å². The molecule has 0 aliphatic heterocycles. The molecule has 0 N–H and O–H groups in total. The Hall–Kier alpha value is -2.87. The average molecular weight is 328 g/mol. The molecule has 114 valence electrons. The summed E-state index contributed by atoms with van der Waals surface area (Å²) in [7, 11) is 0. The zero-order valence-electron chi connectivity index (χ0n) is 11.6. The third-order valence-electron chi connectivity index (χ3n) is 3.07.